The first-order valence-electron chi connectivity index (χ1n) is 7.97. The van der Waals surface area contributed by atoms with Gasteiger partial charge in [0.25, 0.3) is 0 Å². The Morgan fingerprint density at radius 3 is 2.48 bits per heavy atom. The van der Waals surface area contributed by atoms with Gasteiger partial charge in [-0.05, 0) is 18.9 Å². The van der Waals surface area contributed by atoms with Crippen LogP contribution in [-0.4, -0.2) is 74.0 Å². The van der Waals surface area contributed by atoms with Gasteiger partial charge in [-0.2, -0.15) is 0 Å². The summed E-state index contributed by atoms with van der Waals surface area (Å²) in [5, 5.41) is 9.23. The van der Waals surface area contributed by atoms with Crippen LogP contribution in [0.4, 0.5) is 0 Å². The second-order valence-corrected chi connectivity index (χ2v) is 5.75. The molecule has 4 heteroatoms. The number of hydrogen-bond acceptors (Lipinski definition) is 4. The van der Waals surface area contributed by atoms with Crippen LogP contribution < -0.4 is 0 Å². The molecule has 1 aromatic rings. The van der Waals surface area contributed by atoms with E-state index in [1.807, 2.05) is 0 Å². The molecule has 4 nitrogen and oxygen atoms in total. The molecule has 0 radical (unpaired) electrons. The molecule has 0 aromatic heterocycles. The molecule has 0 bridgehead atoms. The molecule has 118 valence electrons. The largest absolute Gasteiger partial charge is 0.395 e. The van der Waals surface area contributed by atoms with Crippen LogP contribution in [0.15, 0.2) is 24.3 Å². The van der Waals surface area contributed by atoms with E-state index in [9.17, 15) is 5.11 Å². The molecule has 0 unspecified atom stereocenters. The van der Waals surface area contributed by atoms with Gasteiger partial charge in [0.2, 0.25) is 0 Å². The highest BCUT2D eigenvalue weighted by molar-refractivity contribution is 5.21. The van der Waals surface area contributed by atoms with Crippen LogP contribution in [-0.2, 0) is 11.2 Å². The fourth-order valence-electron chi connectivity index (χ4n) is 2.63. The summed E-state index contributed by atoms with van der Waals surface area (Å²) in [5.74, 6) is 0. The molecule has 1 aliphatic heterocycles. The van der Waals surface area contributed by atoms with Crippen molar-refractivity contribution in [1.82, 2.24) is 9.80 Å². The summed E-state index contributed by atoms with van der Waals surface area (Å²) in [6, 6.07) is 8.74. The lowest BCUT2D eigenvalue weighted by Gasteiger charge is -2.29. The normalized spacial score (nSPS) is 16.5. The van der Waals surface area contributed by atoms with E-state index in [1.54, 1.807) is 0 Å². The predicted octanol–water partition coefficient (Wildman–Crippen LogP) is 1.16. The lowest BCUT2D eigenvalue weighted by molar-refractivity contribution is 0.0326. The number of morpholine rings is 1. The van der Waals surface area contributed by atoms with Crippen LogP contribution in [0.2, 0.25) is 0 Å². The lowest BCUT2D eigenvalue weighted by atomic mass is 10.1. The van der Waals surface area contributed by atoms with Crippen molar-refractivity contribution in [3.05, 3.63) is 35.4 Å². The van der Waals surface area contributed by atoms with E-state index in [-0.39, 0.29) is 6.61 Å². The first kappa shape index (κ1) is 16.4. The van der Waals surface area contributed by atoms with Gasteiger partial charge in [-0.3, -0.25) is 9.80 Å². The van der Waals surface area contributed by atoms with E-state index in [0.29, 0.717) is 0 Å². The third kappa shape index (κ3) is 6.14. The summed E-state index contributed by atoms with van der Waals surface area (Å²) in [5.41, 5.74) is 2.67. The Morgan fingerprint density at radius 2 is 1.81 bits per heavy atom. The molecule has 21 heavy (non-hydrogen) atoms. The molecule has 1 aliphatic rings. The molecule has 1 N–H and O–H groups in total. The highest BCUT2D eigenvalue weighted by Crippen LogP contribution is 2.05. The number of hydrogen-bond donors (Lipinski definition) is 1. The van der Waals surface area contributed by atoms with Gasteiger partial charge in [0.05, 0.1) is 19.8 Å². The molecule has 1 aromatic carbocycles. The van der Waals surface area contributed by atoms with Crippen LogP contribution in [0.1, 0.15) is 11.1 Å². The molecule has 1 saturated heterocycles. The third-order valence-electron chi connectivity index (χ3n) is 4.09. The Balaban J connectivity index is 1.73. The summed E-state index contributed by atoms with van der Waals surface area (Å²) in [6.45, 7) is 9.97. The second kappa shape index (κ2) is 9.15. The van der Waals surface area contributed by atoms with Gasteiger partial charge in [0.15, 0.2) is 0 Å². The Labute approximate surface area is 128 Å². The van der Waals surface area contributed by atoms with Crippen LogP contribution >= 0.6 is 0 Å². The smallest absolute Gasteiger partial charge is 0.0594 e. The first-order valence-corrected chi connectivity index (χ1v) is 7.97. The minimum absolute atomic E-state index is 0.233. The highest BCUT2D eigenvalue weighted by Gasteiger charge is 2.12. The predicted molar refractivity (Wildman–Crippen MR) is 85.7 cm³/mol. The molecule has 1 fully saturated rings. The third-order valence-corrected chi connectivity index (χ3v) is 4.09. The van der Waals surface area contributed by atoms with E-state index in [4.69, 9.17) is 4.74 Å². The van der Waals surface area contributed by atoms with Crippen LogP contribution in [0, 0.1) is 6.92 Å². The van der Waals surface area contributed by atoms with Gasteiger partial charge < -0.3 is 9.84 Å². The van der Waals surface area contributed by atoms with Gasteiger partial charge in [0.1, 0.15) is 0 Å². The highest BCUT2D eigenvalue weighted by atomic mass is 16.5. The molecule has 0 amide bonds. The summed E-state index contributed by atoms with van der Waals surface area (Å²) in [4.78, 5) is 4.80. The fraction of sp³-hybridized carbons (Fsp3) is 0.647. The standard InChI is InChI=1S/C17H28N2O2/c1-16-2-4-17(5-3-16)6-7-18(10-13-20)8-9-19-11-14-21-15-12-19/h2-5,20H,6-15H2,1H3. The monoisotopic (exact) mass is 292 g/mol. The average molecular weight is 292 g/mol. The molecular weight excluding hydrogens is 264 g/mol. The van der Waals surface area contributed by atoms with E-state index in [0.717, 1.165) is 58.9 Å². The van der Waals surface area contributed by atoms with Gasteiger partial charge in [-0.25, -0.2) is 0 Å². The van der Waals surface area contributed by atoms with Crippen molar-refractivity contribution in [2.24, 2.45) is 0 Å². The number of benzene rings is 1. The zero-order valence-corrected chi connectivity index (χ0v) is 13.1. The van der Waals surface area contributed by atoms with Crippen molar-refractivity contribution >= 4 is 0 Å². The summed E-state index contributed by atoms with van der Waals surface area (Å²) < 4.78 is 5.37. The Morgan fingerprint density at radius 1 is 1.10 bits per heavy atom. The van der Waals surface area contributed by atoms with Gasteiger partial charge in [-0.15, -0.1) is 0 Å². The van der Waals surface area contributed by atoms with Crippen molar-refractivity contribution in [3.8, 4) is 0 Å². The van der Waals surface area contributed by atoms with E-state index >= 15 is 0 Å². The van der Waals surface area contributed by atoms with E-state index < -0.39 is 0 Å². The Hall–Kier alpha value is -0.940. The molecule has 0 atom stereocenters. The summed E-state index contributed by atoms with van der Waals surface area (Å²) >= 11 is 0. The zero-order chi connectivity index (χ0) is 14.9. The van der Waals surface area contributed by atoms with Gasteiger partial charge in [-0.1, -0.05) is 29.8 Å². The molecule has 2 rings (SSSR count). The molecule has 0 saturated carbocycles. The van der Waals surface area contributed by atoms with Crippen molar-refractivity contribution in [3.63, 3.8) is 0 Å². The average Bonchev–Trinajstić information content (AvgIpc) is 2.52. The minimum Gasteiger partial charge on any atom is -0.395 e. The number of aryl methyl sites for hydroxylation is 1. The van der Waals surface area contributed by atoms with E-state index in [1.165, 1.54) is 11.1 Å². The van der Waals surface area contributed by atoms with Crippen molar-refractivity contribution in [1.29, 1.82) is 0 Å². The van der Waals surface area contributed by atoms with Gasteiger partial charge in [0, 0.05) is 39.3 Å². The molecule has 1 heterocycles. The second-order valence-electron chi connectivity index (χ2n) is 5.75. The number of aliphatic hydroxyl groups excluding tert-OH is 1. The maximum absolute atomic E-state index is 9.23. The Bertz CT molecular complexity index is 388. The lowest BCUT2D eigenvalue weighted by Crippen LogP contribution is -2.42. The van der Waals surface area contributed by atoms with Crippen molar-refractivity contribution < 1.29 is 9.84 Å². The minimum atomic E-state index is 0.233. The summed E-state index contributed by atoms with van der Waals surface area (Å²) in [7, 11) is 0. The molecule has 0 aliphatic carbocycles. The molecular formula is C17H28N2O2. The fourth-order valence-corrected chi connectivity index (χ4v) is 2.63. The van der Waals surface area contributed by atoms with Crippen LogP contribution in [0.25, 0.3) is 0 Å². The first-order chi connectivity index (χ1) is 10.3. The topological polar surface area (TPSA) is 35.9 Å². The maximum atomic E-state index is 9.23. The Kier molecular flexibility index (Phi) is 7.16. The summed E-state index contributed by atoms with van der Waals surface area (Å²) in [6.07, 6.45) is 1.05. The number of ether oxygens (including phenoxy) is 1. The maximum Gasteiger partial charge on any atom is 0.0594 e. The quantitative estimate of drug-likeness (QED) is 0.780. The number of aliphatic hydroxyl groups is 1. The van der Waals surface area contributed by atoms with Gasteiger partial charge >= 0.3 is 0 Å². The van der Waals surface area contributed by atoms with Crippen molar-refractivity contribution in [2.45, 2.75) is 13.3 Å². The zero-order valence-electron chi connectivity index (χ0n) is 13.1. The SMILES string of the molecule is Cc1ccc(CCN(CCO)CCN2CCOCC2)cc1. The number of rotatable bonds is 8. The molecule has 0 spiro atoms. The van der Waals surface area contributed by atoms with Crippen molar-refractivity contribution in [2.75, 3.05) is 59.1 Å². The van der Waals surface area contributed by atoms with Crippen LogP contribution in [0.5, 0.6) is 0 Å². The van der Waals surface area contributed by atoms with E-state index in [2.05, 4.69) is 41.0 Å². The number of nitrogens with zero attached hydrogens (tertiary/aromatic N) is 2. The van der Waals surface area contributed by atoms with Crippen LogP contribution in [0.3, 0.4) is 0 Å².